The lowest BCUT2D eigenvalue weighted by atomic mass is 10.0. The molecule has 0 aliphatic heterocycles. The molecule has 0 radical (unpaired) electrons. The van der Waals surface area contributed by atoms with Crippen LogP contribution >= 0.6 is 0 Å². The lowest BCUT2D eigenvalue weighted by Gasteiger charge is -2.22. The Labute approximate surface area is 273 Å². The number of amides is 1. The molecule has 2 atom stereocenters. The molecule has 1 rings (SSSR count). The van der Waals surface area contributed by atoms with E-state index in [1.165, 1.54) is 141 Å². The number of hydrogen-bond donors (Lipinski definition) is 3. The van der Waals surface area contributed by atoms with Crippen LogP contribution in [0.25, 0.3) is 0 Å². The van der Waals surface area contributed by atoms with Gasteiger partial charge in [-0.2, -0.15) is 0 Å². The molecule has 3 N–H and O–H groups in total. The molecule has 256 valence electrons. The minimum absolute atomic E-state index is 0.0349. The van der Waals surface area contributed by atoms with Gasteiger partial charge in [0.2, 0.25) is 5.91 Å². The predicted molar refractivity (Wildman–Crippen MR) is 187 cm³/mol. The Hall–Kier alpha value is -1.46. The van der Waals surface area contributed by atoms with E-state index in [0.717, 1.165) is 32.2 Å². The van der Waals surface area contributed by atoms with Crippen molar-refractivity contribution in [3.05, 3.63) is 30.6 Å². The third kappa shape index (κ3) is 25.8. The summed E-state index contributed by atoms with van der Waals surface area (Å²) in [4.78, 5) is 12.4. The molecule has 1 heterocycles. The number of aliphatic hydroxyl groups excluding tert-OH is 2. The van der Waals surface area contributed by atoms with Gasteiger partial charge >= 0.3 is 0 Å². The van der Waals surface area contributed by atoms with Crippen molar-refractivity contribution in [2.75, 3.05) is 6.61 Å². The minimum atomic E-state index is -0.657. The maximum atomic E-state index is 12.4. The molecule has 5 nitrogen and oxygen atoms in total. The van der Waals surface area contributed by atoms with Crippen LogP contribution in [-0.4, -0.2) is 34.9 Å². The van der Waals surface area contributed by atoms with Crippen LogP contribution in [0.15, 0.2) is 30.6 Å². The van der Waals surface area contributed by atoms with Crippen molar-refractivity contribution in [2.45, 2.75) is 205 Å². The van der Waals surface area contributed by atoms with Crippen molar-refractivity contribution < 1.29 is 19.6 Å². The summed E-state index contributed by atoms with van der Waals surface area (Å²) >= 11 is 0. The van der Waals surface area contributed by atoms with Gasteiger partial charge in [-0.3, -0.25) is 4.79 Å². The van der Waals surface area contributed by atoms with E-state index in [-0.39, 0.29) is 12.5 Å². The van der Waals surface area contributed by atoms with Gasteiger partial charge in [0.15, 0.2) is 12.4 Å². The van der Waals surface area contributed by atoms with Crippen molar-refractivity contribution in [1.29, 1.82) is 0 Å². The Balaban J connectivity index is 1.85. The van der Waals surface area contributed by atoms with Crippen molar-refractivity contribution in [3.63, 3.8) is 0 Å². The molecule has 0 aromatic carbocycles. The third-order valence-corrected chi connectivity index (χ3v) is 9.21. The fraction of sp³-hybridized carbons (Fsp3) is 0.846. The summed E-state index contributed by atoms with van der Waals surface area (Å²) in [7, 11) is 0. The van der Waals surface area contributed by atoms with Crippen molar-refractivity contribution >= 4 is 5.91 Å². The molecular formula is C39H73N2O3+. The van der Waals surface area contributed by atoms with Crippen LogP contribution in [0.5, 0.6) is 0 Å². The van der Waals surface area contributed by atoms with Gasteiger partial charge in [0.05, 0.1) is 18.8 Å². The SMILES string of the molecule is CCCCCCCCCCCCCCC[C@@H](O)[C@H](CO)NC(=O)CCCCCCCCCCCCCCC[n+]1ccccc1. The van der Waals surface area contributed by atoms with Crippen LogP contribution in [-0.2, 0) is 11.3 Å². The highest BCUT2D eigenvalue weighted by Gasteiger charge is 2.20. The number of pyridine rings is 1. The second kappa shape index (κ2) is 31.5. The van der Waals surface area contributed by atoms with Crippen molar-refractivity contribution in [2.24, 2.45) is 0 Å². The van der Waals surface area contributed by atoms with Gasteiger partial charge in [-0.25, -0.2) is 4.57 Å². The van der Waals surface area contributed by atoms with E-state index in [1.807, 2.05) is 0 Å². The number of unbranched alkanes of at least 4 members (excludes halogenated alkanes) is 24. The third-order valence-electron chi connectivity index (χ3n) is 9.21. The molecule has 1 aromatic heterocycles. The molecule has 1 aromatic rings. The van der Waals surface area contributed by atoms with Crippen LogP contribution in [0.1, 0.15) is 187 Å². The van der Waals surface area contributed by atoms with Crippen LogP contribution in [0.3, 0.4) is 0 Å². The lowest BCUT2D eigenvalue weighted by molar-refractivity contribution is -0.697. The zero-order valence-corrected chi connectivity index (χ0v) is 29.0. The largest absolute Gasteiger partial charge is 0.394 e. The fourth-order valence-corrected chi connectivity index (χ4v) is 6.22. The Morgan fingerprint density at radius 2 is 1.00 bits per heavy atom. The predicted octanol–water partition coefficient (Wildman–Crippen LogP) is 9.75. The lowest BCUT2D eigenvalue weighted by Crippen LogP contribution is -2.45. The molecule has 1 amide bonds. The van der Waals surface area contributed by atoms with Gasteiger partial charge in [-0.05, 0) is 19.3 Å². The maximum absolute atomic E-state index is 12.4. The summed E-state index contributed by atoms with van der Waals surface area (Å²) in [5, 5.41) is 23.1. The molecule has 0 fully saturated rings. The fourth-order valence-electron chi connectivity index (χ4n) is 6.22. The number of rotatable bonds is 33. The average Bonchev–Trinajstić information content (AvgIpc) is 3.04. The standard InChI is InChI=1S/C39H72N2O3/c1-2-3-4-5-6-7-8-10-13-16-19-22-26-31-38(43)37(36-42)40-39(44)32-27-23-20-17-14-11-9-12-15-18-21-24-28-33-41-34-29-25-30-35-41/h25,29-30,34-35,37-38,42-43H,2-24,26-28,31-33,36H2,1H3/p+1/t37-,38+/m0/s1. The summed E-state index contributed by atoms with van der Waals surface area (Å²) in [5.74, 6) is -0.0349. The molecule has 0 spiro atoms. The second-order valence-electron chi connectivity index (χ2n) is 13.4. The molecular weight excluding hydrogens is 544 g/mol. The first kappa shape index (κ1) is 40.6. The molecule has 0 unspecified atom stereocenters. The summed E-state index contributed by atoms with van der Waals surface area (Å²) in [6.07, 6.45) is 38.2. The Morgan fingerprint density at radius 3 is 1.45 bits per heavy atom. The van der Waals surface area contributed by atoms with E-state index >= 15 is 0 Å². The second-order valence-corrected chi connectivity index (χ2v) is 13.4. The first-order chi connectivity index (χ1) is 21.7. The molecule has 44 heavy (non-hydrogen) atoms. The van der Waals surface area contributed by atoms with Gasteiger partial charge in [-0.15, -0.1) is 0 Å². The first-order valence-electron chi connectivity index (χ1n) is 19.2. The number of hydrogen-bond acceptors (Lipinski definition) is 3. The first-order valence-corrected chi connectivity index (χ1v) is 19.2. The Morgan fingerprint density at radius 1 is 0.591 bits per heavy atom. The Kier molecular flexibility index (Phi) is 29.1. The number of carbonyl (C=O) groups is 1. The van der Waals surface area contributed by atoms with Gasteiger partial charge in [0.25, 0.3) is 0 Å². The van der Waals surface area contributed by atoms with E-state index in [9.17, 15) is 15.0 Å². The molecule has 5 heteroatoms. The topological polar surface area (TPSA) is 73.4 Å². The highest BCUT2D eigenvalue weighted by molar-refractivity contribution is 5.76. The minimum Gasteiger partial charge on any atom is -0.394 e. The van der Waals surface area contributed by atoms with Gasteiger partial charge < -0.3 is 15.5 Å². The maximum Gasteiger partial charge on any atom is 0.220 e. The number of carbonyl (C=O) groups excluding carboxylic acids is 1. The van der Waals surface area contributed by atoms with E-state index in [4.69, 9.17) is 0 Å². The highest BCUT2D eigenvalue weighted by atomic mass is 16.3. The number of aliphatic hydroxyl groups is 2. The quantitative estimate of drug-likeness (QED) is 0.0543. The molecule has 0 bridgehead atoms. The van der Waals surface area contributed by atoms with Gasteiger partial charge in [0.1, 0.15) is 6.54 Å². The molecule has 0 saturated heterocycles. The zero-order chi connectivity index (χ0) is 31.8. The smallest absolute Gasteiger partial charge is 0.220 e. The summed E-state index contributed by atoms with van der Waals surface area (Å²) in [5.41, 5.74) is 0. The molecule has 0 saturated carbocycles. The average molecular weight is 618 g/mol. The van der Waals surface area contributed by atoms with Crippen LogP contribution in [0.2, 0.25) is 0 Å². The van der Waals surface area contributed by atoms with Crippen LogP contribution in [0, 0.1) is 0 Å². The van der Waals surface area contributed by atoms with Crippen LogP contribution in [0.4, 0.5) is 0 Å². The highest BCUT2D eigenvalue weighted by Crippen LogP contribution is 2.15. The van der Waals surface area contributed by atoms with Crippen LogP contribution < -0.4 is 9.88 Å². The van der Waals surface area contributed by atoms with E-state index in [0.29, 0.717) is 12.8 Å². The number of aromatic nitrogens is 1. The van der Waals surface area contributed by atoms with Gasteiger partial charge in [0, 0.05) is 25.0 Å². The zero-order valence-electron chi connectivity index (χ0n) is 29.0. The van der Waals surface area contributed by atoms with Crippen molar-refractivity contribution in [1.82, 2.24) is 5.32 Å². The van der Waals surface area contributed by atoms with E-state index in [2.05, 4.69) is 47.4 Å². The number of nitrogens with one attached hydrogen (secondary N) is 1. The van der Waals surface area contributed by atoms with Gasteiger partial charge in [-0.1, -0.05) is 161 Å². The monoisotopic (exact) mass is 618 g/mol. The number of nitrogens with zero attached hydrogens (tertiary/aromatic N) is 1. The normalized spacial score (nSPS) is 12.8. The summed E-state index contributed by atoms with van der Waals surface area (Å²) < 4.78 is 2.27. The molecule has 0 aliphatic carbocycles. The molecule has 0 aliphatic rings. The van der Waals surface area contributed by atoms with E-state index in [1.54, 1.807) is 0 Å². The summed E-state index contributed by atoms with van der Waals surface area (Å²) in [6, 6.07) is 5.74. The van der Waals surface area contributed by atoms with Crippen molar-refractivity contribution in [3.8, 4) is 0 Å². The van der Waals surface area contributed by atoms with E-state index < -0.39 is 12.1 Å². The Bertz CT molecular complexity index is 729. The summed E-state index contributed by atoms with van der Waals surface area (Å²) in [6.45, 7) is 3.21. The number of aryl methyl sites for hydroxylation is 1.